The van der Waals surface area contributed by atoms with Crippen LogP contribution in [-0.4, -0.2) is 54.1 Å². The molecule has 4 nitrogen and oxygen atoms in total. The highest BCUT2D eigenvalue weighted by Crippen LogP contribution is 2.31. The minimum absolute atomic E-state index is 0.0795. The summed E-state index contributed by atoms with van der Waals surface area (Å²) >= 11 is 0.840. The molecule has 2 atom stereocenters. The molecule has 1 saturated heterocycles. The van der Waals surface area contributed by atoms with Crippen LogP contribution in [0.15, 0.2) is 41.4 Å². The normalized spacial score (nSPS) is 18.6. The van der Waals surface area contributed by atoms with Crippen LogP contribution in [0.25, 0.3) is 10.9 Å². The number of hydrogen-bond donors (Lipinski definition) is 1. The molecule has 1 fully saturated rings. The molecule has 0 radical (unpaired) electrons. The van der Waals surface area contributed by atoms with Crippen molar-refractivity contribution in [3.63, 3.8) is 0 Å². The van der Waals surface area contributed by atoms with E-state index in [4.69, 9.17) is 4.74 Å². The number of halogens is 4. The van der Waals surface area contributed by atoms with Crippen LogP contribution in [0.2, 0.25) is 0 Å². The minimum Gasteiger partial charge on any atom is -0.497 e. The van der Waals surface area contributed by atoms with Crippen molar-refractivity contribution in [3.8, 4) is 5.75 Å². The minimum atomic E-state index is -1.65. The summed E-state index contributed by atoms with van der Waals surface area (Å²) in [6.07, 6.45) is 5.64. The van der Waals surface area contributed by atoms with E-state index < -0.39 is 28.2 Å². The van der Waals surface area contributed by atoms with E-state index in [1.807, 2.05) is 30.5 Å². The van der Waals surface area contributed by atoms with E-state index in [0.717, 1.165) is 60.6 Å². The van der Waals surface area contributed by atoms with Crippen LogP contribution < -0.4 is 4.74 Å². The van der Waals surface area contributed by atoms with Gasteiger partial charge in [-0.05, 0) is 73.9 Å². The number of hydrogen-bond acceptors (Lipinski definition) is 5. The first-order valence-corrected chi connectivity index (χ1v) is 13.1. The standard InChI is InChI=1S/C27H30F4N2O2S/c1-35-20-5-6-24-21(13-20)18(7-9-32-24)4-2-3-17-8-10-33(15-19(17)16-34)11-12-36-27-23(29)14-22(28)25(30)26(27)31/h5-7,9,13-14,17,19,34H,2-4,8,10-12,15-16H2,1H3/t17-,19-/m1/s1. The molecule has 9 heteroatoms. The van der Waals surface area contributed by atoms with Gasteiger partial charge >= 0.3 is 0 Å². The van der Waals surface area contributed by atoms with Crippen LogP contribution in [0.1, 0.15) is 24.8 Å². The monoisotopic (exact) mass is 522 g/mol. The fraction of sp³-hybridized carbons (Fsp3) is 0.444. The maximum absolute atomic E-state index is 13.9. The maximum Gasteiger partial charge on any atom is 0.195 e. The summed E-state index contributed by atoms with van der Waals surface area (Å²) in [6, 6.07) is 8.30. The summed E-state index contributed by atoms with van der Waals surface area (Å²) in [6.45, 7) is 2.13. The Morgan fingerprint density at radius 3 is 2.69 bits per heavy atom. The third kappa shape index (κ3) is 6.12. The molecule has 2 aromatic carbocycles. The van der Waals surface area contributed by atoms with E-state index in [9.17, 15) is 22.7 Å². The third-order valence-corrected chi connectivity index (χ3v) is 8.05. The lowest BCUT2D eigenvalue weighted by Crippen LogP contribution is -2.42. The Kier molecular flexibility index (Phi) is 9.09. The first kappa shape index (κ1) is 26.7. The molecule has 1 N–H and O–H groups in total. The smallest absolute Gasteiger partial charge is 0.195 e. The van der Waals surface area contributed by atoms with E-state index in [1.165, 1.54) is 5.56 Å². The number of aliphatic hydroxyl groups excluding tert-OH is 1. The molecule has 0 unspecified atom stereocenters. The van der Waals surface area contributed by atoms with Crippen molar-refractivity contribution in [1.29, 1.82) is 0 Å². The molecule has 2 heterocycles. The number of ether oxygens (including phenoxy) is 1. The second kappa shape index (κ2) is 12.3. The highest BCUT2D eigenvalue weighted by atomic mass is 32.2. The summed E-state index contributed by atoms with van der Waals surface area (Å²) in [5.74, 6) is -4.11. The van der Waals surface area contributed by atoms with Crippen molar-refractivity contribution in [1.82, 2.24) is 9.88 Å². The topological polar surface area (TPSA) is 45.6 Å². The number of methoxy groups -OCH3 is 1. The number of fused-ring (bicyclic) bond motifs is 1. The van der Waals surface area contributed by atoms with Gasteiger partial charge in [0.1, 0.15) is 11.6 Å². The summed E-state index contributed by atoms with van der Waals surface area (Å²) in [5, 5.41) is 11.1. The third-order valence-electron chi connectivity index (χ3n) is 7.00. The molecule has 0 spiro atoms. The van der Waals surface area contributed by atoms with Crippen LogP contribution in [0.3, 0.4) is 0 Å². The highest BCUT2D eigenvalue weighted by molar-refractivity contribution is 7.99. The Balaban J connectivity index is 1.27. The summed E-state index contributed by atoms with van der Waals surface area (Å²) in [4.78, 5) is 6.10. The van der Waals surface area contributed by atoms with Gasteiger partial charge in [-0.2, -0.15) is 0 Å². The predicted molar refractivity (Wildman–Crippen MR) is 133 cm³/mol. The van der Waals surface area contributed by atoms with Gasteiger partial charge in [-0.15, -0.1) is 11.8 Å². The molecule has 0 amide bonds. The van der Waals surface area contributed by atoms with Gasteiger partial charge in [-0.3, -0.25) is 4.98 Å². The van der Waals surface area contributed by atoms with E-state index >= 15 is 0 Å². The van der Waals surface area contributed by atoms with Gasteiger partial charge in [0.2, 0.25) is 0 Å². The van der Waals surface area contributed by atoms with E-state index in [-0.39, 0.29) is 12.5 Å². The summed E-state index contributed by atoms with van der Waals surface area (Å²) < 4.78 is 59.7. The number of rotatable bonds is 10. The Morgan fingerprint density at radius 1 is 1.08 bits per heavy atom. The molecule has 194 valence electrons. The quantitative estimate of drug-likeness (QED) is 0.157. The van der Waals surface area contributed by atoms with Crippen LogP contribution in [-0.2, 0) is 6.42 Å². The number of aryl methyl sites for hydroxylation is 1. The number of aromatic nitrogens is 1. The maximum atomic E-state index is 13.9. The number of piperidine rings is 1. The van der Waals surface area contributed by atoms with Crippen LogP contribution in [0.5, 0.6) is 5.75 Å². The molecule has 0 bridgehead atoms. The largest absolute Gasteiger partial charge is 0.497 e. The molecular weight excluding hydrogens is 492 g/mol. The summed E-state index contributed by atoms with van der Waals surface area (Å²) in [7, 11) is 1.65. The van der Waals surface area contributed by atoms with Crippen molar-refractivity contribution >= 4 is 22.7 Å². The highest BCUT2D eigenvalue weighted by Gasteiger charge is 2.28. The average molecular weight is 523 g/mol. The van der Waals surface area contributed by atoms with Gasteiger partial charge in [0.25, 0.3) is 0 Å². The van der Waals surface area contributed by atoms with Gasteiger partial charge in [-0.1, -0.05) is 0 Å². The lowest BCUT2D eigenvalue weighted by atomic mass is 9.82. The van der Waals surface area contributed by atoms with E-state index in [0.29, 0.717) is 30.8 Å². The van der Waals surface area contributed by atoms with E-state index in [2.05, 4.69) is 9.88 Å². The van der Waals surface area contributed by atoms with Gasteiger partial charge < -0.3 is 14.7 Å². The second-order valence-electron chi connectivity index (χ2n) is 9.18. The zero-order valence-electron chi connectivity index (χ0n) is 20.2. The predicted octanol–water partition coefficient (Wildman–Crippen LogP) is 5.85. The van der Waals surface area contributed by atoms with Crippen LogP contribution in [0.4, 0.5) is 17.6 Å². The van der Waals surface area contributed by atoms with Crippen molar-refractivity contribution in [2.75, 3.05) is 39.1 Å². The fourth-order valence-electron chi connectivity index (χ4n) is 4.99. The number of likely N-dealkylation sites (tertiary alicyclic amines) is 1. The molecular formula is C27H30F4N2O2S. The van der Waals surface area contributed by atoms with Gasteiger partial charge in [0.05, 0.1) is 17.5 Å². The molecule has 36 heavy (non-hydrogen) atoms. The Labute approximate surface area is 212 Å². The van der Waals surface area contributed by atoms with Crippen LogP contribution in [0, 0.1) is 35.1 Å². The molecule has 0 saturated carbocycles. The second-order valence-corrected chi connectivity index (χ2v) is 10.3. The zero-order chi connectivity index (χ0) is 25.7. The van der Waals surface area contributed by atoms with Crippen molar-refractivity contribution < 1.29 is 27.4 Å². The lowest BCUT2D eigenvalue weighted by Gasteiger charge is -2.38. The molecule has 0 aliphatic carbocycles. The van der Waals surface area contributed by atoms with E-state index in [1.54, 1.807) is 7.11 Å². The SMILES string of the molecule is COc1ccc2nccc(CCC[C@@H]3CCN(CCSc4c(F)cc(F)c(F)c4F)C[C@@H]3CO)c2c1. The van der Waals surface area contributed by atoms with Crippen molar-refractivity contribution in [3.05, 3.63) is 65.4 Å². The Hall–Kier alpha value is -2.36. The number of benzene rings is 2. The Morgan fingerprint density at radius 2 is 1.92 bits per heavy atom. The Bertz CT molecular complexity index is 1200. The molecule has 1 aromatic heterocycles. The van der Waals surface area contributed by atoms with Crippen molar-refractivity contribution in [2.45, 2.75) is 30.6 Å². The van der Waals surface area contributed by atoms with Crippen LogP contribution >= 0.6 is 11.8 Å². The molecule has 1 aliphatic rings. The fourth-order valence-corrected chi connectivity index (χ4v) is 5.95. The first-order chi connectivity index (χ1) is 17.4. The number of pyridine rings is 1. The number of thioether (sulfide) groups is 1. The zero-order valence-corrected chi connectivity index (χ0v) is 21.0. The lowest BCUT2D eigenvalue weighted by molar-refractivity contribution is 0.0710. The summed E-state index contributed by atoms with van der Waals surface area (Å²) in [5.41, 5.74) is 2.17. The number of nitrogens with zero attached hydrogens (tertiary/aromatic N) is 2. The van der Waals surface area contributed by atoms with Gasteiger partial charge in [-0.25, -0.2) is 17.6 Å². The van der Waals surface area contributed by atoms with Crippen molar-refractivity contribution in [2.24, 2.45) is 11.8 Å². The molecule has 3 aromatic rings. The average Bonchev–Trinajstić information content (AvgIpc) is 2.89. The number of aliphatic hydroxyl groups is 1. The molecule has 1 aliphatic heterocycles. The molecule has 4 rings (SSSR count). The van der Waals surface area contributed by atoms with Gasteiger partial charge in [0, 0.05) is 43.1 Å². The van der Waals surface area contributed by atoms with Gasteiger partial charge in [0.15, 0.2) is 17.5 Å². The first-order valence-electron chi connectivity index (χ1n) is 12.1.